The third kappa shape index (κ3) is 3.49. The van der Waals surface area contributed by atoms with E-state index >= 15 is 0 Å². The lowest BCUT2D eigenvalue weighted by Gasteiger charge is -2.09. The molecular weight excluding hydrogens is 382 g/mol. The van der Waals surface area contributed by atoms with Crippen LogP contribution in [0.1, 0.15) is 5.56 Å². The van der Waals surface area contributed by atoms with Crippen LogP contribution in [0.2, 0.25) is 0 Å². The Labute approximate surface area is 160 Å². The molecule has 2 heterocycles. The van der Waals surface area contributed by atoms with Crippen LogP contribution in [0.4, 0.5) is 5.69 Å². The van der Waals surface area contributed by atoms with Crippen LogP contribution in [0.25, 0.3) is 10.4 Å². The summed E-state index contributed by atoms with van der Waals surface area (Å²) in [5, 5.41) is 4.83. The summed E-state index contributed by atoms with van der Waals surface area (Å²) in [4.78, 5) is 17.8. The zero-order chi connectivity index (χ0) is 18.9. The number of hydrogen-bond donors (Lipinski definition) is 2. The molecule has 0 saturated heterocycles. The number of carbonyl (C=O) groups excluding carboxylic acids is 1. The Bertz CT molecular complexity index is 1140. The molecule has 2 N–H and O–H groups in total. The largest absolute Gasteiger partial charge is 0.324 e. The number of para-hydroxylation sites is 1. The third-order valence-corrected chi connectivity index (χ3v) is 6.33. The topological polar surface area (TPSA) is 87.6 Å². The third-order valence-electron chi connectivity index (χ3n) is 4.03. The smallest absolute Gasteiger partial charge is 0.263 e. The Hall–Kier alpha value is -2.97. The number of rotatable bonds is 4. The van der Waals surface area contributed by atoms with Crippen molar-refractivity contribution in [2.24, 2.45) is 4.99 Å². The van der Waals surface area contributed by atoms with Gasteiger partial charge in [-0.1, -0.05) is 36.4 Å². The van der Waals surface area contributed by atoms with E-state index in [0.29, 0.717) is 11.3 Å². The first-order valence-corrected chi connectivity index (χ1v) is 10.5. The average molecular weight is 397 g/mol. The highest BCUT2D eigenvalue weighted by Crippen LogP contribution is 2.31. The number of amidine groups is 1. The van der Waals surface area contributed by atoms with Gasteiger partial charge < -0.3 is 5.32 Å². The van der Waals surface area contributed by atoms with Crippen LogP contribution in [-0.4, -0.2) is 26.7 Å². The summed E-state index contributed by atoms with van der Waals surface area (Å²) in [6, 6.07) is 18.0. The first-order valence-electron chi connectivity index (χ1n) is 8.14. The van der Waals surface area contributed by atoms with Gasteiger partial charge in [-0.3, -0.25) is 14.5 Å². The van der Waals surface area contributed by atoms with Gasteiger partial charge in [0.2, 0.25) is 5.91 Å². The van der Waals surface area contributed by atoms with Crippen LogP contribution in [0, 0.1) is 0 Å². The molecule has 2 aromatic carbocycles. The van der Waals surface area contributed by atoms with Gasteiger partial charge >= 0.3 is 0 Å². The number of hydrogen-bond acceptors (Lipinski definition) is 5. The molecule has 0 atom stereocenters. The molecule has 136 valence electrons. The highest BCUT2D eigenvalue weighted by Gasteiger charge is 2.30. The van der Waals surface area contributed by atoms with Gasteiger partial charge in [0.25, 0.3) is 10.0 Å². The van der Waals surface area contributed by atoms with Gasteiger partial charge in [0.05, 0.1) is 4.90 Å². The molecule has 1 aromatic heterocycles. The molecular formula is C19H15N3O3S2. The fourth-order valence-electron chi connectivity index (χ4n) is 2.83. The minimum atomic E-state index is -3.61. The van der Waals surface area contributed by atoms with Crippen molar-refractivity contribution in [2.75, 3.05) is 11.9 Å². The molecule has 8 heteroatoms. The molecule has 0 saturated carbocycles. The maximum absolute atomic E-state index is 12.4. The summed E-state index contributed by atoms with van der Waals surface area (Å²) >= 11 is 1.59. The molecule has 0 unspecified atom stereocenters. The zero-order valence-electron chi connectivity index (χ0n) is 14.0. The molecule has 4 rings (SSSR count). The second kappa shape index (κ2) is 6.98. The summed E-state index contributed by atoms with van der Waals surface area (Å²) in [6.45, 7) is -0.190. The number of anilines is 1. The number of nitrogens with one attached hydrogen (secondary N) is 2. The molecule has 0 aliphatic carbocycles. The Morgan fingerprint density at radius 1 is 1.00 bits per heavy atom. The number of sulfonamides is 1. The van der Waals surface area contributed by atoms with E-state index in [4.69, 9.17) is 0 Å². The highest BCUT2D eigenvalue weighted by atomic mass is 32.2. The number of benzene rings is 2. The molecule has 6 nitrogen and oxygen atoms in total. The van der Waals surface area contributed by atoms with Gasteiger partial charge in [0, 0.05) is 21.7 Å². The molecule has 0 fully saturated rings. The normalized spacial score (nSPS) is 15.9. The van der Waals surface area contributed by atoms with Crippen molar-refractivity contribution in [3.63, 3.8) is 0 Å². The van der Waals surface area contributed by atoms with Crippen LogP contribution in [0.3, 0.4) is 0 Å². The monoisotopic (exact) mass is 397 g/mol. The van der Waals surface area contributed by atoms with Gasteiger partial charge in [-0.25, -0.2) is 8.42 Å². The minimum absolute atomic E-state index is 0.173. The molecule has 1 amide bonds. The molecule has 0 spiro atoms. The summed E-state index contributed by atoms with van der Waals surface area (Å²) in [6.07, 6.45) is 0. The van der Waals surface area contributed by atoms with E-state index in [1.165, 1.54) is 6.07 Å². The number of nitrogens with zero attached hydrogens (tertiary/aromatic N) is 1. The first-order chi connectivity index (χ1) is 13.0. The molecule has 0 bridgehead atoms. The fourth-order valence-corrected chi connectivity index (χ4v) is 4.85. The maximum Gasteiger partial charge on any atom is 0.263 e. The average Bonchev–Trinajstić information content (AvgIpc) is 3.28. The van der Waals surface area contributed by atoms with Crippen molar-refractivity contribution >= 4 is 38.8 Å². The maximum atomic E-state index is 12.4. The van der Waals surface area contributed by atoms with Crippen LogP contribution in [0.15, 0.2) is 75.9 Å². The second-order valence-corrected chi connectivity index (χ2v) is 8.44. The van der Waals surface area contributed by atoms with Crippen LogP contribution in [0.5, 0.6) is 0 Å². The first kappa shape index (κ1) is 17.4. The van der Waals surface area contributed by atoms with E-state index in [1.54, 1.807) is 29.5 Å². The predicted octanol–water partition coefficient (Wildman–Crippen LogP) is 3.09. The van der Waals surface area contributed by atoms with Crippen molar-refractivity contribution in [1.29, 1.82) is 0 Å². The second-order valence-electron chi connectivity index (χ2n) is 5.84. The molecule has 27 heavy (non-hydrogen) atoms. The number of carbonyl (C=O) groups is 1. The van der Waals surface area contributed by atoms with Crippen LogP contribution < -0.4 is 10.0 Å². The van der Waals surface area contributed by atoms with Gasteiger partial charge in [0.1, 0.15) is 12.4 Å². The molecule has 1 aliphatic rings. The number of fused-ring (bicyclic) bond motifs is 1. The predicted molar refractivity (Wildman–Crippen MR) is 107 cm³/mol. The number of aliphatic imine (C=N–C) groups is 1. The van der Waals surface area contributed by atoms with Crippen LogP contribution >= 0.6 is 11.3 Å². The quantitative estimate of drug-likeness (QED) is 0.709. The van der Waals surface area contributed by atoms with Gasteiger partial charge in [0.15, 0.2) is 0 Å². The number of thiophene rings is 1. The summed E-state index contributed by atoms with van der Waals surface area (Å²) in [5.74, 6) is -0.137. The van der Waals surface area contributed by atoms with Gasteiger partial charge in [-0.2, -0.15) is 0 Å². The molecule has 0 radical (unpaired) electrons. The van der Waals surface area contributed by atoms with E-state index in [2.05, 4.69) is 15.0 Å². The Morgan fingerprint density at radius 3 is 2.52 bits per heavy atom. The zero-order valence-corrected chi connectivity index (χ0v) is 15.7. The van der Waals surface area contributed by atoms with E-state index in [1.807, 2.05) is 41.8 Å². The SMILES string of the molecule is O=C(CN=C1NS(=O)(=O)c2ccccc21)Nc1ccccc1-c1cccs1. The Morgan fingerprint density at radius 2 is 1.74 bits per heavy atom. The summed E-state index contributed by atoms with van der Waals surface area (Å²) < 4.78 is 26.6. The van der Waals surface area contributed by atoms with Crippen LogP contribution in [-0.2, 0) is 14.8 Å². The van der Waals surface area contributed by atoms with Crippen molar-refractivity contribution in [2.45, 2.75) is 4.90 Å². The molecule has 3 aromatic rings. The van der Waals surface area contributed by atoms with E-state index < -0.39 is 10.0 Å². The van der Waals surface area contributed by atoms with E-state index in [-0.39, 0.29) is 23.2 Å². The van der Waals surface area contributed by atoms with Crippen molar-refractivity contribution in [3.05, 3.63) is 71.6 Å². The molecule has 1 aliphatic heterocycles. The number of amides is 1. The van der Waals surface area contributed by atoms with Gasteiger partial charge in [-0.05, 0) is 29.6 Å². The lowest BCUT2D eigenvalue weighted by atomic mass is 10.1. The Kier molecular flexibility index (Phi) is 4.51. The van der Waals surface area contributed by atoms with E-state index in [0.717, 1.165) is 10.4 Å². The fraction of sp³-hybridized carbons (Fsp3) is 0.0526. The van der Waals surface area contributed by atoms with Crippen molar-refractivity contribution in [1.82, 2.24) is 4.72 Å². The minimum Gasteiger partial charge on any atom is -0.324 e. The standard InChI is InChI=1S/C19H15N3O3S2/c23-18(21-15-8-3-1-6-13(15)16-9-5-11-26-16)12-20-19-14-7-2-4-10-17(14)27(24,25)22-19/h1-11H,12H2,(H,20,22)(H,21,23). The van der Waals surface area contributed by atoms with E-state index in [9.17, 15) is 13.2 Å². The summed E-state index contributed by atoms with van der Waals surface area (Å²) in [5.41, 5.74) is 2.10. The summed E-state index contributed by atoms with van der Waals surface area (Å²) in [7, 11) is -3.61. The van der Waals surface area contributed by atoms with Gasteiger partial charge in [-0.15, -0.1) is 11.3 Å². The highest BCUT2D eigenvalue weighted by molar-refractivity contribution is 7.90. The lowest BCUT2D eigenvalue weighted by Crippen LogP contribution is -2.24. The van der Waals surface area contributed by atoms with Crippen molar-refractivity contribution in [3.8, 4) is 10.4 Å². The lowest BCUT2D eigenvalue weighted by molar-refractivity contribution is -0.114. The Balaban J connectivity index is 1.53. The van der Waals surface area contributed by atoms with Crippen molar-refractivity contribution < 1.29 is 13.2 Å².